The molecule has 0 saturated heterocycles. The van der Waals surface area contributed by atoms with Gasteiger partial charge in [0.25, 0.3) is 0 Å². The quantitative estimate of drug-likeness (QED) is 0.805. The van der Waals surface area contributed by atoms with Crippen molar-refractivity contribution in [1.29, 1.82) is 0 Å². The molecule has 0 aromatic heterocycles. The van der Waals surface area contributed by atoms with Gasteiger partial charge in [-0.05, 0) is 31.8 Å². The minimum Gasteiger partial charge on any atom is -0.337 e. The second-order valence-electron chi connectivity index (χ2n) is 4.37. The van der Waals surface area contributed by atoms with Crippen LogP contribution in [0.25, 0.3) is 0 Å². The molecule has 1 amide bonds. The van der Waals surface area contributed by atoms with Crippen LogP contribution in [0.15, 0.2) is 24.3 Å². The molecule has 0 heterocycles. The van der Waals surface area contributed by atoms with E-state index in [9.17, 15) is 4.79 Å². The second kappa shape index (κ2) is 6.62. The first-order valence-electron chi connectivity index (χ1n) is 5.63. The summed E-state index contributed by atoms with van der Waals surface area (Å²) in [6.07, 6.45) is 0. The van der Waals surface area contributed by atoms with Gasteiger partial charge in [0, 0.05) is 31.6 Å². The first kappa shape index (κ1) is 14.0. The molecule has 4 heteroatoms. The summed E-state index contributed by atoms with van der Waals surface area (Å²) in [4.78, 5) is 15.4. The fourth-order valence-electron chi connectivity index (χ4n) is 1.48. The molecule has 0 aliphatic heterocycles. The lowest BCUT2D eigenvalue weighted by molar-refractivity contribution is -0.129. The number of carbonyl (C=O) groups excluding carboxylic acids is 1. The van der Waals surface area contributed by atoms with E-state index in [0.29, 0.717) is 6.54 Å². The third-order valence-electron chi connectivity index (χ3n) is 2.55. The van der Waals surface area contributed by atoms with Gasteiger partial charge in [-0.15, -0.1) is 0 Å². The molecule has 1 aromatic carbocycles. The number of halogens is 1. The van der Waals surface area contributed by atoms with Crippen LogP contribution in [0.2, 0.25) is 5.02 Å². The topological polar surface area (TPSA) is 23.6 Å². The van der Waals surface area contributed by atoms with Crippen molar-refractivity contribution in [2.24, 2.45) is 0 Å². The molecule has 0 bridgehead atoms. The number of nitrogens with zero attached hydrogens (tertiary/aromatic N) is 2. The molecule has 94 valence electrons. The van der Waals surface area contributed by atoms with E-state index < -0.39 is 0 Å². The van der Waals surface area contributed by atoms with E-state index in [-0.39, 0.29) is 5.91 Å². The first-order chi connectivity index (χ1) is 7.99. The standard InChI is InChI=1S/C13H19ClN2O/c1-11(17)16(9-8-15(2)3)10-12-4-6-13(14)7-5-12/h4-7H,8-10H2,1-3H3. The highest BCUT2D eigenvalue weighted by Gasteiger charge is 2.09. The SMILES string of the molecule is CC(=O)N(CCN(C)C)Cc1ccc(Cl)cc1. The van der Waals surface area contributed by atoms with E-state index in [0.717, 1.165) is 23.7 Å². The van der Waals surface area contributed by atoms with E-state index in [1.165, 1.54) is 0 Å². The van der Waals surface area contributed by atoms with Crippen molar-refractivity contribution < 1.29 is 4.79 Å². The average Bonchev–Trinajstić information content (AvgIpc) is 2.26. The molecule has 1 aromatic rings. The van der Waals surface area contributed by atoms with Crippen molar-refractivity contribution in [3.63, 3.8) is 0 Å². The molecule has 0 atom stereocenters. The molecule has 0 spiro atoms. The van der Waals surface area contributed by atoms with Crippen LogP contribution in [0, 0.1) is 0 Å². The van der Waals surface area contributed by atoms with Crippen molar-refractivity contribution in [3.05, 3.63) is 34.9 Å². The number of hydrogen-bond acceptors (Lipinski definition) is 2. The Bertz CT molecular complexity index is 362. The van der Waals surface area contributed by atoms with Gasteiger partial charge < -0.3 is 9.80 Å². The summed E-state index contributed by atoms with van der Waals surface area (Å²) in [6.45, 7) is 3.85. The molecular weight excluding hydrogens is 236 g/mol. The normalized spacial score (nSPS) is 10.6. The predicted molar refractivity (Wildman–Crippen MR) is 71.1 cm³/mol. The zero-order valence-corrected chi connectivity index (χ0v) is 11.4. The molecule has 17 heavy (non-hydrogen) atoms. The summed E-state index contributed by atoms with van der Waals surface area (Å²) >= 11 is 5.83. The number of carbonyl (C=O) groups is 1. The van der Waals surface area contributed by atoms with Crippen LogP contribution < -0.4 is 0 Å². The van der Waals surface area contributed by atoms with Crippen LogP contribution in [0.1, 0.15) is 12.5 Å². The molecule has 3 nitrogen and oxygen atoms in total. The number of rotatable bonds is 5. The zero-order valence-electron chi connectivity index (χ0n) is 10.6. The molecule has 1 rings (SSSR count). The van der Waals surface area contributed by atoms with Crippen molar-refractivity contribution in [3.8, 4) is 0 Å². The van der Waals surface area contributed by atoms with Gasteiger partial charge in [-0.2, -0.15) is 0 Å². The third kappa shape index (κ3) is 5.20. The molecule has 0 aliphatic rings. The zero-order chi connectivity index (χ0) is 12.8. The molecule has 0 fully saturated rings. The summed E-state index contributed by atoms with van der Waals surface area (Å²) in [5.74, 6) is 0.0989. The van der Waals surface area contributed by atoms with E-state index in [2.05, 4.69) is 4.90 Å². The molecule has 0 radical (unpaired) electrons. The van der Waals surface area contributed by atoms with E-state index in [1.54, 1.807) is 6.92 Å². The van der Waals surface area contributed by atoms with Crippen LogP contribution in [-0.4, -0.2) is 42.9 Å². The lowest BCUT2D eigenvalue weighted by atomic mass is 10.2. The van der Waals surface area contributed by atoms with Gasteiger partial charge in [-0.25, -0.2) is 0 Å². The highest BCUT2D eigenvalue weighted by molar-refractivity contribution is 6.30. The van der Waals surface area contributed by atoms with Crippen molar-refractivity contribution in [1.82, 2.24) is 9.80 Å². The summed E-state index contributed by atoms with van der Waals surface area (Å²) in [5.41, 5.74) is 1.10. The lowest BCUT2D eigenvalue weighted by Crippen LogP contribution is -2.34. The molecular formula is C13H19ClN2O. The van der Waals surface area contributed by atoms with Crippen LogP contribution in [0.5, 0.6) is 0 Å². The maximum atomic E-state index is 11.5. The molecule has 0 unspecified atom stereocenters. The number of hydrogen-bond donors (Lipinski definition) is 0. The Balaban J connectivity index is 2.60. The lowest BCUT2D eigenvalue weighted by Gasteiger charge is -2.23. The monoisotopic (exact) mass is 254 g/mol. The van der Waals surface area contributed by atoms with Crippen LogP contribution in [0.4, 0.5) is 0 Å². The summed E-state index contributed by atoms with van der Waals surface area (Å²) in [5, 5.41) is 0.719. The summed E-state index contributed by atoms with van der Waals surface area (Å²) in [6, 6.07) is 7.60. The minimum atomic E-state index is 0.0989. The third-order valence-corrected chi connectivity index (χ3v) is 2.80. The molecule has 0 N–H and O–H groups in total. The summed E-state index contributed by atoms with van der Waals surface area (Å²) in [7, 11) is 4.00. The fraction of sp³-hybridized carbons (Fsp3) is 0.462. The summed E-state index contributed by atoms with van der Waals surface area (Å²) < 4.78 is 0. The Labute approximate surface area is 108 Å². The van der Waals surface area contributed by atoms with Crippen LogP contribution >= 0.6 is 11.6 Å². The maximum absolute atomic E-state index is 11.5. The smallest absolute Gasteiger partial charge is 0.219 e. The van der Waals surface area contributed by atoms with Crippen LogP contribution in [-0.2, 0) is 11.3 Å². The molecule has 0 saturated carbocycles. The van der Waals surface area contributed by atoms with E-state index >= 15 is 0 Å². The van der Waals surface area contributed by atoms with Gasteiger partial charge in [-0.3, -0.25) is 4.79 Å². The van der Waals surface area contributed by atoms with Gasteiger partial charge in [0.15, 0.2) is 0 Å². The average molecular weight is 255 g/mol. The van der Waals surface area contributed by atoms with Gasteiger partial charge in [0.2, 0.25) is 5.91 Å². The maximum Gasteiger partial charge on any atom is 0.219 e. The van der Waals surface area contributed by atoms with Gasteiger partial charge in [0.1, 0.15) is 0 Å². The highest BCUT2D eigenvalue weighted by atomic mass is 35.5. The Morgan fingerprint density at radius 2 is 1.76 bits per heavy atom. The number of likely N-dealkylation sites (N-methyl/N-ethyl adjacent to an activating group) is 1. The molecule has 0 aliphatic carbocycles. The Morgan fingerprint density at radius 3 is 2.24 bits per heavy atom. The van der Waals surface area contributed by atoms with Crippen molar-refractivity contribution in [2.45, 2.75) is 13.5 Å². The Kier molecular flexibility index (Phi) is 5.45. The number of amides is 1. The minimum absolute atomic E-state index is 0.0989. The Morgan fingerprint density at radius 1 is 1.18 bits per heavy atom. The van der Waals surface area contributed by atoms with Crippen molar-refractivity contribution in [2.75, 3.05) is 27.2 Å². The van der Waals surface area contributed by atoms with E-state index in [1.807, 2.05) is 43.3 Å². The highest BCUT2D eigenvalue weighted by Crippen LogP contribution is 2.11. The largest absolute Gasteiger partial charge is 0.337 e. The Hall–Kier alpha value is -1.06. The van der Waals surface area contributed by atoms with Gasteiger partial charge >= 0.3 is 0 Å². The van der Waals surface area contributed by atoms with Gasteiger partial charge in [-0.1, -0.05) is 23.7 Å². The van der Waals surface area contributed by atoms with Crippen molar-refractivity contribution >= 4 is 17.5 Å². The number of benzene rings is 1. The predicted octanol–water partition coefficient (Wildman–Crippen LogP) is 2.25. The fourth-order valence-corrected chi connectivity index (χ4v) is 1.60. The van der Waals surface area contributed by atoms with Gasteiger partial charge in [0.05, 0.1) is 0 Å². The first-order valence-corrected chi connectivity index (χ1v) is 6.01. The second-order valence-corrected chi connectivity index (χ2v) is 4.81. The van der Waals surface area contributed by atoms with Crippen LogP contribution in [0.3, 0.4) is 0 Å². The van der Waals surface area contributed by atoms with E-state index in [4.69, 9.17) is 11.6 Å².